The fraction of sp³-hybridized carbons (Fsp3) is 1.00. The van der Waals surface area contributed by atoms with E-state index >= 15 is 0 Å². The van der Waals surface area contributed by atoms with Crippen molar-refractivity contribution in [2.45, 2.75) is 13.3 Å². The highest BCUT2D eigenvalue weighted by atomic mass is 33.1. The maximum Gasteiger partial charge on any atom is 0.00629 e. The Balaban J connectivity index is 2.12. The van der Waals surface area contributed by atoms with E-state index in [1.807, 2.05) is 21.6 Å². The molecule has 1 heterocycles. The molecule has 1 rings (SSSR count). The van der Waals surface area contributed by atoms with E-state index < -0.39 is 0 Å². The molecule has 7 heavy (non-hydrogen) atoms. The maximum atomic E-state index is 2.33. The lowest BCUT2D eigenvalue weighted by Crippen LogP contribution is -2.02. The van der Waals surface area contributed by atoms with Crippen molar-refractivity contribution in [1.82, 2.24) is 0 Å². The lowest BCUT2D eigenvalue weighted by atomic mass is 10.2. The van der Waals surface area contributed by atoms with Crippen molar-refractivity contribution >= 4 is 21.6 Å². The Morgan fingerprint density at radius 1 is 1.43 bits per heavy atom. The molecular formula is C5H10S2. The molecule has 0 amide bonds. The van der Waals surface area contributed by atoms with Gasteiger partial charge in [-0.25, -0.2) is 0 Å². The van der Waals surface area contributed by atoms with Crippen molar-refractivity contribution in [3.63, 3.8) is 0 Å². The van der Waals surface area contributed by atoms with Crippen LogP contribution in [0.15, 0.2) is 0 Å². The van der Waals surface area contributed by atoms with Gasteiger partial charge < -0.3 is 0 Å². The predicted octanol–water partition coefficient (Wildman–Crippen LogP) is 2.41. The van der Waals surface area contributed by atoms with Crippen molar-refractivity contribution < 1.29 is 0 Å². The van der Waals surface area contributed by atoms with E-state index in [0.29, 0.717) is 0 Å². The minimum atomic E-state index is 0.978. The highest BCUT2D eigenvalue weighted by Gasteiger charge is 2.07. The van der Waals surface area contributed by atoms with Crippen LogP contribution in [0.2, 0.25) is 0 Å². The average molecular weight is 134 g/mol. The quantitative estimate of drug-likeness (QED) is 0.467. The first kappa shape index (κ1) is 5.83. The van der Waals surface area contributed by atoms with E-state index in [1.165, 1.54) is 17.9 Å². The molecule has 0 spiro atoms. The largest absolute Gasteiger partial charge is 0.0941 e. The molecule has 0 bridgehead atoms. The maximum absolute atomic E-state index is 2.33. The Morgan fingerprint density at radius 2 is 2.29 bits per heavy atom. The zero-order chi connectivity index (χ0) is 5.11. The van der Waals surface area contributed by atoms with Gasteiger partial charge in [-0.1, -0.05) is 28.5 Å². The van der Waals surface area contributed by atoms with Crippen LogP contribution in [0.25, 0.3) is 0 Å². The van der Waals surface area contributed by atoms with Gasteiger partial charge in [-0.15, -0.1) is 0 Å². The van der Waals surface area contributed by atoms with E-state index in [2.05, 4.69) is 6.92 Å². The van der Waals surface area contributed by atoms with Crippen molar-refractivity contribution in [1.29, 1.82) is 0 Å². The van der Waals surface area contributed by atoms with Gasteiger partial charge >= 0.3 is 0 Å². The second-order valence-corrected chi connectivity index (χ2v) is 4.63. The van der Waals surface area contributed by atoms with Crippen LogP contribution in [0.3, 0.4) is 0 Å². The zero-order valence-corrected chi connectivity index (χ0v) is 6.15. The summed E-state index contributed by atoms with van der Waals surface area (Å²) in [4.78, 5) is 0. The molecule has 0 N–H and O–H groups in total. The van der Waals surface area contributed by atoms with Crippen LogP contribution in [0.5, 0.6) is 0 Å². The number of rotatable bonds is 0. The Morgan fingerprint density at radius 3 is 2.57 bits per heavy atom. The summed E-state index contributed by atoms with van der Waals surface area (Å²) in [6.07, 6.45) is 1.43. The Kier molecular flexibility index (Phi) is 2.40. The summed E-state index contributed by atoms with van der Waals surface area (Å²) in [5.74, 6) is 3.71. The molecule has 0 aliphatic carbocycles. The molecule has 1 atom stereocenters. The van der Waals surface area contributed by atoms with Gasteiger partial charge in [0.2, 0.25) is 0 Å². The molecule has 0 aromatic rings. The Bertz CT molecular complexity index is 48.0. The van der Waals surface area contributed by atoms with Crippen molar-refractivity contribution in [3.8, 4) is 0 Å². The predicted molar refractivity (Wildman–Crippen MR) is 38.7 cm³/mol. The van der Waals surface area contributed by atoms with Crippen LogP contribution in [0.4, 0.5) is 0 Å². The molecule has 42 valence electrons. The molecule has 1 aliphatic heterocycles. The molecule has 0 aromatic carbocycles. The van der Waals surface area contributed by atoms with Crippen LogP contribution in [0.1, 0.15) is 13.3 Å². The lowest BCUT2D eigenvalue weighted by molar-refractivity contribution is 0.641. The van der Waals surface area contributed by atoms with Crippen LogP contribution in [-0.2, 0) is 0 Å². The smallest absolute Gasteiger partial charge is 0.00629 e. The van der Waals surface area contributed by atoms with Gasteiger partial charge in [0.05, 0.1) is 0 Å². The van der Waals surface area contributed by atoms with Gasteiger partial charge in [0.1, 0.15) is 0 Å². The summed E-state index contributed by atoms with van der Waals surface area (Å²) in [5, 5.41) is 0. The topological polar surface area (TPSA) is 0 Å². The van der Waals surface area contributed by atoms with E-state index in [0.717, 1.165) is 5.92 Å². The number of hydrogen-bond acceptors (Lipinski definition) is 2. The molecule has 2 heteroatoms. The third-order valence-corrected chi connectivity index (χ3v) is 3.81. The summed E-state index contributed by atoms with van der Waals surface area (Å²) in [6.45, 7) is 2.33. The van der Waals surface area contributed by atoms with Crippen molar-refractivity contribution in [3.05, 3.63) is 0 Å². The second kappa shape index (κ2) is 2.88. The summed E-state index contributed by atoms with van der Waals surface area (Å²) in [7, 11) is 4.04. The molecule has 1 fully saturated rings. The molecule has 0 saturated carbocycles. The first-order valence-electron chi connectivity index (χ1n) is 2.64. The molecule has 0 aromatic heterocycles. The van der Waals surface area contributed by atoms with Crippen LogP contribution in [0, 0.1) is 5.92 Å². The fourth-order valence-corrected chi connectivity index (χ4v) is 3.30. The molecule has 0 radical (unpaired) electrons. The summed E-state index contributed by atoms with van der Waals surface area (Å²) >= 11 is 0. The standard InChI is InChI=1S/C5H10S2/c1-5-2-3-6-7-4-5/h5H,2-4H2,1H3/t5-/m0/s1. The third-order valence-electron chi connectivity index (χ3n) is 1.13. The van der Waals surface area contributed by atoms with Crippen LogP contribution in [-0.4, -0.2) is 11.5 Å². The van der Waals surface area contributed by atoms with Gasteiger partial charge in [-0.2, -0.15) is 0 Å². The van der Waals surface area contributed by atoms with Gasteiger partial charge in [-0.05, 0) is 12.3 Å². The van der Waals surface area contributed by atoms with E-state index in [4.69, 9.17) is 0 Å². The normalized spacial score (nSPS) is 33.0. The third kappa shape index (κ3) is 1.96. The highest BCUT2D eigenvalue weighted by Crippen LogP contribution is 2.31. The first-order valence-corrected chi connectivity index (χ1v) is 5.13. The highest BCUT2D eigenvalue weighted by molar-refractivity contribution is 8.76. The Hall–Kier alpha value is 0.700. The van der Waals surface area contributed by atoms with Crippen LogP contribution < -0.4 is 0 Å². The summed E-state index contributed by atoms with van der Waals surface area (Å²) in [6, 6.07) is 0. The molecule has 0 unspecified atom stereocenters. The first-order chi connectivity index (χ1) is 3.39. The summed E-state index contributed by atoms with van der Waals surface area (Å²) < 4.78 is 0. The lowest BCUT2D eigenvalue weighted by Gasteiger charge is -2.14. The SMILES string of the molecule is C[C@H]1CCSSC1. The minimum absolute atomic E-state index is 0.978. The summed E-state index contributed by atoms with van der Waals surface area (Å²) in [5.41, 5.74) is 0. The monoisotopic (exact) mass is 134 g/mol. The van der Waals surface area contributed by atoms with E-state index in [9.17, 15) is 0 Å². The van der Waals surface area contributed by atoms with Gasteiger partial charge in [0.25, 0.3) is 0 Å². The molecule has 0 nitrogen and oxygen atoms in total. The average Bonchev–Trinajstić information content (AvgIpc) is 1.69. The van der Waals surface area contributed by atoms with Gasteiger partial charge in [-0.3, -0.25) is 0 Å². The molecule has 1 aliphatic rings. The number of hydrogen-bond donors (Lipinski definition) is 0. The van der Waals surface area contributed by atoms with E-state index in [-0.39, 0.29) is 0 Å². The van der Waals surface area contributed by atoms with Gasteiger partial charge in [0.15, 0.2) is 0 Å². The zero-order valence-electron chi connectivity index (χ0n) is 4.52. The van der Waals surface area contributed by atoms with Crippen LogP contribution >= 0.6 is 21.6 Å². The van der Waals surface area contributed by atoms with Crippen molar-refractivity contribution in [2.24, 2.45) is 5.92 Å². The van der Waals surface area contributed by atoms with E-state index in [1.54, 1.807) is 0 Å². The van der Waals surface area contributed by atoms with Crippen molar-refractivity contribution in [2.75, 3.05) is 11.5 Å². The fourth-order valence-electron chi connectivity index (χ4n) is 0.556. The van der Waals surface area contributed by atoms with Gasteiger partial charge in [0, 0.05) is 11.5 Å². The minimum Gasteiger partial charge on any atom is -0.0941 e. The molecular weight excluding hydrogens is 124 g/mol. The Labute approximate surface area is 52.8 Å². The second-order valence-electron chi connectivity index (χ2n) is 2.00. The molecule has 1 saturated heterocycles.